The highest BCUT2D eigenvalue weighted by Gasteiger charge is 2.71. The maximum atomic E-state index is 13.2. The molecule has 1 aromatic rings. The summed E-state index contributed by atoms with van der Waals surface area (Å²) < 4.78 is 28.4. The lowest BCUT2D eigenvalue weighted by Crippen LogP contribution is -2.69. The van der Waals surface area contributed by atoms with E-state index in [-0.39, 0.29) is 30.6 Å². The Balaban J connectivity index is 1.03. The SMILES string of the molecule is CC1OC(OC2CCC3(C=O)[C@H]4CCC5(C)C(c6ccc(=O)oc6)CCC5(O)[C@@H]4CCC3(O)C2)C(O)C(O)C1OC1OC(CO)C(O)C(O)C1O. The predicted octanol–water partition coefficient (Wildman–Crippen LogP) is -0.788. The molecule has 51 heavy (non-hydrogen) atoms. The molecule has 6 fully saturated rings. The average Bonchev–Trinajstić information content (AvgIpc) is 3.39. The monoisotopic (exact) mass is 724 g/mol. The standard InChI is InChI=1S/C36H52O15/c1-17-30(51-32-28(43)26(41)25(40)23(14-37)50-32)27(42)29(44)31(48-17)49-19-5-10-34(16-38)21-6-9-33(2)20(18-3-4-24(39)47-15-18)8-12-36(33,46)22(21)7-11-35(34,45)13-19/h3-4,15-17,19-23,25-32,37,40-46H,5-14H2,1-2H3/t17?,19?,20?,21-,22+,23?,25?,26?,27?,28?,29?,30?,31?,32?,33?,34?,35?,36?/m0/s1. The lowest BCUT2D eigenvalue weighted by atomic mass is 9.41. The number of hydrogen-bond acceptors (Lipinski definition) is 15. The zero-order valence-electron chi connectivity index (χ0n) is 28.9. The van der Waals surface area contributed by atoms with E-state index >= 15 is 0 Å². The van der Waals surface area contributed by atoms with E-state index in [1.807, 2.05) is 0 Å². The second-order valence-corrected chi connectivity index (χ2v) is 16.3. The van der Waals surface area contributed by atoms with Gasteiger partial charge in [0.1, 0.15) is 49.0 Å². The van der Waals surface area contributed by atoms with Crippen LogP contribution in [0, 0.1) is 22.7 Å². The summed E-state index contributed by atoms with van der Waals surface area (Å²) in [5.74, 6) is -0.509. The Labute approximate surface area is 295 Å². The molecule has 1 aromatic heterocycles. The van der Waals surface area contributed by atoms with Gasteiger partial charge in [-0.3, -0.25) is 0 Å². The first-order valence-electron chi connectivity index (χ1n) is 18.3. The number of hydrogen-bond donors (Lipinski definition) is 8. The third-order valence-corrected chi connectivity index (χ3v) is 14.1. The van der Waals surface area contributed by atoms with Crippen LogP contribution in [0.2, 0.25) is 0 Å². The Kier molecular flexibility index (Phi) is 9.89. The van der Waals surface area contributed by atoms with Crippen LogP contribution in [0.5, 0.6) is 0 Å². The van der Waals surface area contributed by atoms with Crippen molar-refractivity contribution in [2.45, 2.75) is 156 Å². The van der Waals surface area contributed by atoms with Gasteiger partial charge in [0.2, 0.25) is 0 Å². The number of carbonyl (C=O) groups is 1. The third kappa shape index (κ3) is 5.70. The van der Waals surface area contributed by atoms with Crippen LogP contribution in [0.25, 0.3) is 0 Å². The molecule has 15 nitrogen and oxygen atoms in total. The molecule has 286 valence electrons. The van der Waals surface area contributed by atoms with E-state index in [4.69, 9.17) is 23.4 Å². The van der Waals surface area contributed by atoms with E-state index in [0.717, 1.165) is 11.8 Å². The van der Waals surface area contributed by atoms with Gasteiger partial charge in [-0.1, -0.05) is 6.92 Å². The summed E-state index contributed by atoms with van der Waals surface area (Å²) in [7, 11) is 0. The molecule has 4 saturated carbocycles. The van der Waals surface area contributed by atoms with Gasteiger partial charge in [0.15, 0.2) is 12.6 Å². The minimum atomic E-state index is -1.72. The fourth-order valence-electron chi connectivity index (χ4n) is 11.2. The molecule has 3 heterocycles. The average molecular weight is 725 g/mol. The normalized spacial score (nSPS) is 52.7. The summed E-state index contributed by atoms with van der Waals surface area (Å²) in [6.45, 7) is 2.98. The quantitative estimate of drug-likeness (QED) is 0.127. The summed E-state index contributed by atoms with van der Waals surface area (Å²) in [6.07, 6.45) is -8.77. The van der Waals surface area contributed by atoms with Gasteiger partial charge in [-0.2, -0.15) is 0 Å². The number of aliphatic hydroxyl groups excluding tert-OH is 6. The lowest BCUT2D eigenvalue weighted by Gasteiger charge is -2.65. The molecule has 0 spiro atoms. The van der Waals surface area contributed by atoms with Gasteiger partial charge in [0.25, 0.3) is 0 Å². The highest BCUT2D eigenvalue weighted by Crippen LogP contribution is 2.71. The minimum absolute atomic E-state index is 0.0215. The highest BCUT2D eigenvalue weighted by molar-refractivity contribution is 5.64. The van der Waals surface area contributed by atoms with Gasteiger partial charge in [0.05, 0.1) is 41.7 Å². The summed E-state index contributed by atoms with van der Waals surface area (Å²) in [4.78, 5) is 24.8. The van der Waals surface area contributed by atoms with Crippen LogP contribution in [0.1, 0.15) is 83.1 Å². The fraction of sp³-hybridized carbons (Fsp3) is 0.833. The molecule has 2 aliphatic heterocycles. The number of aliphatic hydroxyl groups is 8. The van der Waals surface area contributed by atoms with Crippen molar-refractivity contribution < 1.29 is 69.0 Å². The van der Waals surface area contributed by atoms with E-state index in [0.29, 0.717) is 44.9 Å². The first-order chi connectivity index (χ1) is 24.1. The Hall–Kier alpha value is -1.86. The number of aldehydes is 1. The molecule has 18 atom stereocenters. The van der Waals surface area contributed by atoms with Gasteiger partial charge in [-0.25, -0.2) is 4.79 Å². The smallest absolute Gasteiger partial charge is 0.335 e. The Morgan fingerprint density at radius 3 is 2.24 bits per heavy atom. The molecule has 0 radical (unpaired) electrons. The van der Waals surface area contributed by atoms with Crippen molar-refractivity contribution >= 4 is 6.29 Å². The second-order valence-electron chi connectivity index (χ2n) is 16.3. The fourth-order valence-corrected chi connectivity index (χ4v) is 11.2. The van der Waals surface area contributed by atoms with Crippen molar-refractivity contribution in [1.29, 1.82) is 0 Å². The summed E-state index contributed by atoms with van der Waals surface area (Å²) >= 11 is 0. The summed E-state index contributed by atoms with van der Waals surface area (Å²) in [5, 5.41) is 87.1. The Bertz CT molecular complexity index is 1470. The Morgan fingerprint density at radius 2 is 1.55 bits per heavy atom. The molecule has 4 aliphatic carbocycles. The predicted molar refractivity (Wildman–Crippen MR) is 173 cm³/mol. The van der Waals surface area contributed by atoms with Gasteiger partial charge in [0, 0.05) is 17.9 Å². The molecule has 2 saturated heterocycles. The largest absolute Gasteiger partial charge is 0.431 e. The first kappa shape index (κ1) is 37.5. The number of ether oxygens (including phenoxy) is 4. The zero-order chi connectivity index (χ0) is 36.7. The van der Waals surface area contributed by atoms with Crippen LogP contribution in [0.3, 0.4) is 0 Å². The highest BCUT2D eigenvalue weighted by atomic mass is 16.7. The Morgan fingerprint density at radius 1 is 0.843 bits per heavy atom. The van der Waals surface area contributed by atoms with Crippen LogP contribution in [-0.4, -0.2) is 132 Å². The second kappa shape index (κ2) is 13.5. The summed E-state index contributed by atoms with van der Waals surface area (Å²) in [5.41, 5.74) is -3.71. The first-order valence-corrected chi connectivity index (χ1v) is 18.3. The molecule has 8 N–H and O–H groups in total. The van der Waals surface area contributed by atoms with Crippen LogP contribution in [0.4, 0.5) is 0 Å². The maximum absolute atomic E-state index is 13.2. The van der Waals surface area contributed by atoms with Crippen molar-refractivity contribution in [2.75, 3.05) is 6.61 Å². The van der Waals surface area contributed by atoms with E-state index in [9.17, 15) is 50.4 Å². The maximum Gasteiger partial charge on any atom is 0.335 e. The molecular formula is C36H52O15. The molecule has 7 rings (SSSR count). The van der Waals surface area contributed by atoms with E-state index in [1.54, 1.807) is 13.0 Å². The van der Waals surface area contributed by atoms with Gasteiger partial charge in [-0.15, -0.1) is 0 Å². The van der Waals surface area contributed by atoms with Crippen molar-refractivity contribution in [3.63, 3.8) is 0 Å². The number of carbonyl (C=O) groups excluding carboxylic acids is 1. The van der Waals surface area contributed by atoms with Crippen LogP contribution in [0.15, 0.2) is 27.6 Å². The molecule has 16 unspecified atom stereocenters. The summed E-state index contributed by atoms with van der Waals surface area (Å²) in [6, 6.07) is 3.17. The van der Waals surface area contributed by atoms with E-state index < -0.39 is 102 Å². The van der Waals surface area contributed by atoms with E-state index in [1.165, 1.54) is 12.3 Å². The van der Waals surface area contributed by atoms with Crippen molar-refractivity contribution in [2.24, 2.45) is 22.7 Å². The van der Waals surface area contributed by atoms with Gasteiger partial charge in [-0.05, 0) is 87.7 Å². The molecule has 0 aromatic carbocycles. The number of fused-ring (bicyclic) bond motifs is 5. The van der Waals surface area contributed by atoms with Crippen molar-refractivity contribution in [1.82, 2.24) is 0 Å². The lowest BCUT2D eigenvalue weighted by molar-refractivity contribution is -0.361. The molecular weight excluding hydrogens is 672 g/mol. The van der Waals surface area contributed by atoms with Crippen LogP contribution in [-0.2, 0) is 23.7 Å². The topological polar surface area (TPSA) is 246 Å². The van der Waals surface area contributed by atoms with E-state index in [2.05, 4.69) is 6.92 Å². The molecule has 0 bridgehead atoms. The van der Waals surface area contributed by atoms with Crippen LogP contribution < -0.4 is 5.63 Å². The minimum Gasteiger partial charge on any atom is -0.431 e. The van der Waals surface area contributed by atoms with Crippen molar-refractivity contribution in [3.05, 3.63) is 34.4 Å². The zero-order valence-corrected chi connectivity index (χ0v) is 28.9. The van der Waals surface area contributed by atoms with Gasteiger partial charge >= 0.3 is 5.63 Å². The molecule has 15 heteroatoms. The van der Waals surface area contributed by atoms with Gasteiger partial charge < -0.3 is 69.0 Å². The van der Waals surface area contributed by atoms with Crippen molar-refractivity contribution in [3.8, 4) is 0 Å². The molecule has 0 amide bonds. The molecule has 6 aliphatic rings. The van der Waals surface area contributed by atoms with Crippen LogP contribution >= 0.6 is 0 Å². The number of rotatable bonds is 7. The third-order valence-electron chi connectivity index (χ3n) is 14.1.